The van der Waals surface area contributed by atoms with Crippen LogP contribution in [0.25, 0.3) is 5.69 Å². The van der Waals surface area contributed by atoms with Gasteiger partial charge in [0.2, 0.25) is 11.1 Å². The zero-order valence-electron chi connectivity index (χ0n) is 15.5. The average Bonchev–Trinajstić information content (AvgIpc) is 3.16. The van der Waals surface area contributed by atoms with E-state index in [1.165, 1.54) is 17.3 Å². The Balaban J connectivity index is 1.62. The molecule has 2 aromatic rings. The van der Waals surface area contributed by atoms with Gasteiger partial charge in [-0.3, -0.25) is 4.79 Å². The lowest BCUT2D eigenvalue weighted by Gasteiger charge is -2.23. The van der Waals surface area contributed by atoms with E-state index in [1.807, 2.05) is 24.3 Å². The molecule has 0 unspecified atom stereocenters. The summed E-state index contributed by atoms with van der Waals surface area (Å²) in [6, 6.07) is 7.95. The summed E-state index contributed by atoms with van der Waals surface area (Å²) in [6.07, 6.45) is 0.436. The van der Waals surface area contributed by atoms with Crippen LogP contribution in [0.2, 0.25) is 0 Å². The molecule has 1 saturated heterocycles. The van der Waals surface area contributed by atoms with Crippen molar-refractivity contribution in [2.75, 3.05) is 17.3 Å². The third kappa shape index (κ3) is 4.86. The maximum atomic E-state index is 12.3. The highest BCUT2D eigenvalue weighted by atomic mass is 32.2. The number of nitrogens with one attached hydrogen (secondary N) is 1. The van der Waals surface area contributed by atoms with Gasteiger partial charge in [-0.1, -0.05) is 37.7 Å². The number of rotatable bonds is 6. The first-order chi connectivity index (χ1) is 12.7. The fourth-order valence-electron chi connectivity index (χ4n) is 3.04. The van der Waals surface area contributed by atoms with E-state index in [0.717, 1.165) is 5.69 Å². The Labute approximate surface area is 163 Å². The molecule has 0 saturated carbocycles. The number of amides is 1. The monoisotopic (exact) mass is 409 g/mol. The standard InChI is InChI=1S/C17H23N5O3S2/c1-12(2)13-4-6-14(7-5-13)22-16(19-20-21-22)26-10-15(23)18-17(3)8-9-27(24,25)11-17/h4-7,12H,8-11H2,1-3H3,(H,18,23)/t17-/m1/s1. The predicted molar refractivity (Wildman–Crippen MR) is 104 cm³/mol. The van der Waals surface area contributed by atoms with Crippen LogP contribution in [0, 0.1) is 0 Å². The summed E-state index contributed by atoms with van der Waals surface area (Å²) in [6.45, 7) is 6.02. The number of hydrogen-bond donors (Lipinski definition) is 1. The Bertz CT molecular complexity index is 924. The molecule has 146 valence electrons. The highest BCUT2D eigenvalue weighted by Crippen LogP contribution is 2.24. The molecule has 0 aliphatic carbocycles. The lowest BCUT2D eigenvalue weighted by Crippen LogP contribution is -2.47. The molecular formula is C17H23N5O3S2. The van der Waals surface area contributed by atoms with Gasteiger partial charge in [0, 0.05) is 0 Å². The Kier molecular flexibility index (Phi) is 5.57. The molecule has 1 amide bonds. The van der Waals surface area contributed by atoms with Crippen molar-refractivity contribution in [3.63, 3.8) is 0 Å². The van der Waals surface area contributed by atoms with E-state index >= 15 is 0 Å². The number of sulfone groups is 1. The molecular weight excluding hydrogens is 386 g/mol. The number of thioether (sulfide) groups is 1. The van der Waals surface area contributed by atoms with Gasteiger partial charge in [0.15, 0.2) is 9.84 Å². The number of tetrazole rings is 1. The second kappa shape index (κ2) is 7.59. The fourth-order valence-corrected chi connectivity index (χ4v) is 5.83. The van der Waals surface area contributed by atoms with Crippen LogP contribution in [0.5, 0.6) is 0 Å². The summed E-state index contributed by atoms with van der Waals surface area (Å²) in [4.78, 5) is 12.3. The first kappa shape index (κ1) is 19.8. The second-order valence-electron chi connectivity index (χ2n) is 7.36. The van der Waals surface area contributed by atoms with E-state index in [4.69, 9.17) is 0 Å². The molecule has 0 radical (unpaired) electrons. The van der Waals surface area contributed by atoms with Gasteiger partial charge in [-0.15, -0.1) is 5.10 Å². The molecule has 2 heterocycles. The van der Waals surface area contributed by atoms with Crippen LogP contribution >= 0.6 is 11.8 Å². The molecule has 1 atom stereocenters. The summed E-state index contributed by atoms with van der Waals surface area (Å²) in [5, 5.41) is 15.0. The van der Waals surface area contributed by atoms with Crippen LogP contribution in [0.1, 0.15) is 38.7 Å². The second-order valence-corrected chi connectivity index (χ2v) is 10.5. The smallest absolute Gasteiger partial charge is 0.230 e. The SMILES string of the molecule is CC(C)c1ccc(-n2nnnc2SCC(=O)N[C@]2(C)CCS(=O)(=O)C2)cc1. The van der Waals surface area contributed by atoms with Crippen molar-refractivity contribution >= 4 is 27.5 Å². The molecule has 10 heteroatoms. The summed E-state index contributed by atoms with van der Waals surface area (Å²) >= 11 is 1.21. The van der Waals surface area contributed by atoms with Crippen LogP contribution < -0.4 is 5.32 Å². The highest BCUT2D eigenvalue weighted by Gasteiger charge is 2.39. The van der Waals surface area contributed by atoms with Crippen molar-refractivity contribution in [1.29, 1.82) is 0 Å². The van der Waals surface area contributed by atoms with Crippen molar-refractivity contribution in [3.8, 4) is 5.69 Å². The maximum Gasteiger partial charge on any atom is 0.230 e. The van der Waals surface area contributed by atoms with E-state index in [2.05, 4.69) is 34.7 Å². The van der Waals surface area contributed by atoms with Crippen molar-refractivity contribution in [2.24, 2.45) is 0 Å². The molecule has 1 N–H and O–H groups in total. The van der Waals surface area contributed by atoms with Gasteiger partial charge in [-0.2, -0.15) is 4.68 Å². The molecule has 0 bridgehead atoms. The van der Waals surface area contributed by atoms with E-state index in [-0.39, 0.29) is 23.2 Å². The largest absolute Gasteiger partial charge is 0.349 e. The predicted octanol–water partition coefficient (Wildman–Crippen LogP) is 1.57. The quantitative estimate of drug-likeness (QED) is 0.722. The van der Waals surface area contributed by atoms with E-state index in [9.17, 15) is 13.2 Å². The van der Waals surface area contributed by atoms with Crippen LogP contribution in [-0.4, -0.2) is 57.3 Å². The van der Waals surface area contributed by atoms with Crippen LogP contribution in [0.4, 0.5) is 0 Å². The topological polar surface area (TPSA) is 107 Å². The Hall–Kier alpha value is -1.94. The first-order valence-electron chi connectivity index (χ1n) is 8.70. The summed E-state index contributed by atoms with van der Waals surface area (Å²) < 4.78 is 24.9. The van der Waals surface area contributed by atoms with Gasteiger partial charge in [-0.25, -0.2) is 8.42 Å². The summed E-state index contributed by atoms with van der Waals surface area (Å²) in [7, 11) is -3.07. The minimum absolute atomic E-state index is 0.0175. The van der Waals surface area contributed by atoms with Gasteiger partial charge in [0.1, 0.15) is 0 Å². The first-order valence-corrected chi connectivity index (χ1v) is 11.5. The average molecular weight is 410 g/mol. The molecule has 3 rings (SSSR count). The van der Waals surface area contributed by atoms with Gasteiger partial charge in [0.25, 0.3) is 0 Å². The molecule has 0 spiro atoms. The lowest BCUT2D eigenvalue weighted by atomic mass is 10.0. The van der Waals surface area contributed by atoms with Crippen molar-refractivity contribution in [1.82, 2.24) is 25.5 Å². The fraction of sp³-hybridized carbons (Fsp3) is 0.529. The number of carbonyl (C=O) groups is 1. The van der Waals surface area contributed by atoms with Crippen LogP contribution in [0.3, 0.4) is 0 Å². The normalized spacial score (nSPS) is 21.5. The Morgan fingerprint density at radius 3 is 2.63 bits per heavy atom. The van der Waals surface area contributed by atoms with Gasteiger partial charge in [0.05, 0.1) is 28.5 Å². The maximum absolute atomic E-state index is 12.3. The molecule has 1 fully saturated rings. The lowest BCUT2D eigenvalue weighted by molar-refractivity contribution is -0.120. The van der Waals surface area contributed by atoms with Gasteiger partial charge in [-0.05, 0) is 47.4 Å². The third-order valence-electron chi connectivity index (χ3n) is 4.52. The Morgan fingerprint density at radius 2 is 2.04 bits per heavy atom. The molecule has 1 aromatic heterocycles. The molecule has 8 nitrogen and oxygen atoms in total. The molecule has 27 heavy (non-hydrogen) atoms. The van der Waals surface area contributed by atoms with Crippen molar-refractivity contribution < 1.29 is 13.2 Å². The minimum Gasteiger partial charge on any atom is -0.349 e. The molecule has 1 aliphatic heterocycles. The number of carbonyl (C=O) groups excluding carboxylic acids is 1. The highest BCUT2D eigenvalue weighted by molar-refractivity contribution is 7.99. The van der Waals surface area contributed by atoms with E-state index < -0.39 is 15.4 Å². The van der Waals surface area contributed by atoms with E-state index in [1.54, 1.807) is 11.6 Å². The summed E-state index contributed by atoms with van der Waals surface area (Å²) in [5.41, 5.74) is 1.34. The molecule has 1 aromatic carbocycles. The molecule has 1 aliphatic rings. The van der Waals surface area contributed by atoms with Gasteiger partial charge < -0.3 is 5.32 Å². The van der Waals surface area contributed by atoms with Crippen molar-refractivity contribution in [2.45, 2.75) is 43.8 Å². The number of nitrogens with zero attached hydrogens (tertiary/aromatic N) is 4. The van der Waals surface area contributed by atoms with Crippen molar-refractivity contribution in [3.05, 3.63) is 29.8 Å². The number of aromatic nitrogens is 4. The number of hydrogen-bond acceptors (Lipinski definition) is 7. The Morgan fingerprint density at radius 1 is 1.33 bits per heavy atom. The minimum atomic E-state index is -3.07. The number of benzene rings is 1. The van der Waals surface area contributed by atoms with E-state index in [0.29, 0.717) is 17.5 Å². The zero-order valence-corrected chi connectivity index (χ0v) is 17.2. The van der Waals surface area contributed by atoms with Crippen LogP contribution in [-0.2, 0) is 14.6 Å². The third-order valence-corrected chi connectivity index (χ3v) is 7.34. The summed E-state index contributed by atoms with van der Waals surface area (Å²) in [5.74, 6) is 0.411. The van der Waals surface area contributed by atoms with Gasteiger partial charge >= 0.3 is 0 Å². The zero-order chi connectivity index (χ0) is 19.7. The van der Waals surface area contributed by atoms with Crippen LogP contribution in [0.15, 0.2) is 29.4 Å².